The molecular weight excluding hydrogens is 471 g/mol. The van der Waals surface area contributed by atoms with Crippen LogP contribution in [-0.2, 0) is 26.2 Å². The first kappa shape index (κ1) is 23.3. The van der Waals surface area contributed by atoms with Gasteiger partial charge < -0.3 is 14.6 Å². The van der Waals surface area contributed by atoms with Gasteiger partial charge in [0.1, 0.15) is 5.75 Å². The van der Waals surface area contributed by atoms with E-state index in [1.54, 1.807) is 12.1 Å². The first-order valence-electron chi connectivity index (χ1n) is 11.1. The van der Waals surface area contributed by atoms with Gasteiger partial charge in [-0.1, -0.05) is 18.2 Å². The van der Waals surface area contributed by atoms with Crippen molar-refractivity contribution in [2.24, 2.45) is 7.05 Å². The van der Waals surface area contributed by atoms with Gasteiger partial charge in [0.15, 0.2) is 0 Å². The predicted molar refractivity (Wildman–Crippen MR) is 128 cm³/mol. The van der Waals surface area contributed by atoms with Crippen LogP contribution in [0.2, 0.25) is 0 Å². The van der Waals surface area contributed by atoms with Crippen LogP contribution >= 0.6 is 0 Å². The van der Waals surface area contributed by atoms with Crippen LogP contribution in [0.15, 0.2) is 60.9 Å². The first-order chi connectivity index (χ1) is 17.2. The van der Waals surface area contributed by atoms with E-state index in [-0.39, 0.29) is 6.01 Å². The molecule has 5 rings (SSSR count). The lowest BCUT2D eigenvalue weighted by Gasteiger charge is -2.09. The molecule has 3 aromatic heterocycles. The zero-order valence-corrected chi connectivity index (χ0v) is 19.5. The van der Waals surface area contributed by atoms with Crippen molar-refractivity contribution in [3.8, 4) is 11.8 Å². The number of imidazole rings is 1. The molecule has 0 saturated heterocycles. The minimum Gasteiger partial charge on any atom is -0.424 e. The second-order valence-corrected chi connectivity index (χ2v) is 8.39. The van der Waals surface area contributed by atoms with Gasteiger partial charge in [0.25, 0.3) is 0 Å². The number of alkyl halides is 3. The molecule has 0 amide bonds. The van der Waals surface area contributed by atoms with Crippen molar-refractivity contribution in [1.82, 2.24) is 29.7 Å². The van der Waals surface area contributed by atoms with Crippen LogP contribution < -0.4 is 10.1 Å². The summed E-state index contributed by atoms with van der Waals surface area (Å²) >= 11 is 0. The summed E-state index contributed by atoms with van der Waals surface area (Å²) in [5.74, 6) is 1.15. The zero-order chi connectivity index (χ0) is 25.3. The number of aromatic amines is 1. The van der Waals surface area contributed by atoms with Crippen LogP contribution in [-0.4, -0.2) is 29.7 Å². The Bertz CT molecular complexity index is 1490. The monoisotopic (exact) mass is 493 g/mol. The summed E-state index contributed by atoms with van der Waals surface area (Å²) in [6, 6.07) is 15.2. The Morgan fingerprint density at radius 1 is 1.00 bits per heavy atom. The highest BCUT2D eigenvalue weighted by molar-refractivity contribution is 5.79. The SMILES string of the molecule is Cc1cc(Cc2ccc3nc(NCc4ccc(Oc5ncc(C(F)(F)F)cn5)cc4)n(C)c3c2)n[nH]1. The van der Waals surface area contributed by atoms with Crippen molar-refractivity contribution in [1.29, 1.82) is 0 Å². The summed E-state index contributed by atoms with van der Waals surface area (Å²) in [5.41, 5.74) is 5.12. The first-order valence-corrected chi connectivity index (χ1v) is 11.1. The lowest BCUT2D eigenvalue weighted by atomic mass is 10.1. The van der Waals surface area contributed by atoms with E-state index in [1.165, 1.54) is 0 Å². The largest absolute Gasteiger partial charge is 0.424 e. The van der Waals surface area contributed by atoms with Crippen LogP contribution in [0.25, 0.3) is 11.0 Å². The predicted octanol–water partition coefficient (Wildman–Crippen LogP) is 5.41. The van der Waals surface area contributed by atoms with E-state index in [0.717, 1.165) is 45.9 Å². The van der Waals surface area contributed by atoms with E-state index in [2.05, 4.69) is 42.6 Å². The van der Waals surface area contributed by atoms with Crippen LogP contribution in [0.1, 0.15) is 28.1 Å². The smallest absolute Gasteiger partial charge is 0.419 e. The van der Waals surface area contributed by atoms with Gasteiger partial charge in [-0.15, -0.1) is 0 Å². The fraction of sp³-hybridized carbons (Fsp3) is 0.200. The second-order valence-electron chi connectivity index (χ2n) is 8.39. The standard InChI is InChI=1S/C25H22F3N7O/c1-15-9-19(34-33-15)10-17-5-8-21-22(11-17)35(2)23(32-21)29-12-16-3-6-20(7-4-16)36-24-30-13-18(14-31-24)25(26,27)28/h3-9,11,13-14H,10,12H2,1-2H3,(H,29,32)(H,33,34). The molecule has 0 fully saturated rings. The number of halogens is 3. The number of rotatable bonds is 7. The van der Waals surface area contributed by atoms with Gasteiger partial charge in [-0.25, -0.2) is 15.0 Å². The highest BCUT2D eigenvalue weighted by Crippen LogP contribution is 2.29. The average molecular weight is 493 g/mol. The Labute approximate surface area is 204 Å². The van der Waals surface area contributed by atoms with Gasteiger partial charge >= 0.3 is 12.2 Å². The summed E-state index contributed by atoms with van der Waals surface area (Å²) in [6.07, 6.45) is -2.37. The molecule has 2 N–H and O–H groups in total. The molecule has 0 bridgehead atoms. The van der Waals surface area contributed by atoms with E-state index in [0.29, 0.717) is 24.7 Å². The molecule has 0 atom stereocenters. The van der Waals surface area contributed by atoms with Crippen LogP contribution in [0.4, 0.5) is 19.1 Å². The molecule has 3 heterocycles. The third-order valence-electron chi connectivity index (χ3n) is 5.63. The summed E-state index contributed by atoms with van der Waals surface area (Å²) < 4.78 is 45.4. The highest BCUT2D eigenvalue weighted by atomic mass is 19.4. The van der Waals surface area contributed by atoms with Crippen molar-refractivity contribution in [2.45, 2.75) is 26.1 Å². The molecular formula is C25H22F3N7O. The molecule has 0 aliphatic rings. The number of hydrogen-bond donors (Lipinski definition) is 2. The maximum Gasteiger partial charge on any atom is 0.419 e. The number of fused-ring (bicyclic) bond motifs is 1. The molecule has 184 valence electrons. The van der Waals surface area contributed by atoms with Crippen molar-refractivity contribution in [2.75, 3.05) is 5.32 Å². The number of benzene rings is 2. The Morgan fingerprint density at radius 3 is 2.39 bits per heavy atom. The Kier molecular flexibility index (Phi) is 6.05. The van der Waals surface area contributed by atoms with Crippen LogP contribution in [0, 0.1) is 6.92 Å². The normalized spacial score (nSPS) is 11.7. The number of hydrogen-bond acceptors (Lipinski definition) is 6. The molecule has 5 aromatic rings. The maximum absolute atomic E-state index is 12.6. The molecule has 8 nitrogen and oxygen atoms in total. The quantitative estimate of drug-likeness (QED) is 0.315. The number of anilines is 1. The van der Waals surface area contributed by atoms with Gasteiger partial charge in [0, 0.05) is 38.1 Å². The number of ether oxygens (including phenoxy) is 1. The van der Waals surface area contributed by atoms with Gasteiger partial charge in [-0.3, -0.25) is 5.10 Å². The summed E-state index contributed by atoms with van der Waals surface area (Å²) in [7, 11) is 1.96. The maximum atomic E-state index is 12.6. The van der Waals surface area contributed by atoms with E-state index in [4.69, 9.17) is 4.74 Å². The summed E-state index contributed by atoms with van der Waals surface area (Å²) in [6.45, 7) is 2.50. The summed E-state index contributed by atoms with van der Waals surface area (Å²) in [5, 5.41) is 10.6. The second kappa shape index (κ2) is 9.33. The van der Waals surface area contributed by atoms with Crippen molar-refractivity contribution >= 4 is 17.0 Å². The van der Waals surface area contributed by atoms with Crippen LogP contribution in [0.5, 0.6) is 11.8 Å². The lowest BCUT2D eigenvalue weighted by molar-refractivity contribution is -0.138. The molecule has 0 spiro atoms. The van der Waals surface area contributed by atoms with E-state index in [9.17, 15) is 13.2 Å². The Morgan fingerprint density at radius 2 is 1.72 bits per heavy atom. The van der Waals surface area contributed by atoms with Gasteiger partial charge in [-0.2, -0.15) is 18.3 Å². The fourth-order valence-electron chi connectivity index (χ4n) is 3.75. The molecule has 0 saturated carbocycles. The molecule has 0 radical (unpaired) electrons. The minimum absolute atomic E-state index is 0.157. The van der Waals surface area contributed by atoms with Crippen molar-refractivity contribution in [3.05, 3.63) is 89.0 Å². The molecule has 0 aliphatic carbocycles. The Hall–Kier alpha value is -4.41. The topological polar surface area (TPSA) is 93.5 Å². The number of nitrogens with one attached hydrogen (secondary N) is 2. The number of nitrogens with zero attached hydrogens (tertiary/aromatic N) is 5. The van der Waals surface area contributed by atoms with E-state index < -0.39 is 11.7 Å². The third-order valence-corrected chi connectivity index (χ3v) is 5.63. The van der Waals surface area contributed by atoms with Crippen molar-refractivity contribution in [3.63, 3.8) is 0 Å². The minimum atomic E-state index is -4.49. The number of aromatic nitrogens is 6. The van der Waals surface area contributed by atoms with Crippen LogP contribution in [0.3, 0.4) is 0 Å². The number of H-pyrrole nitrogens is 1. The zero-order valence-electron chi connectivity index (χ0n) is 19.5. The number of aryl methyl sites for hydroxylation is 2. The van der Waals surface area contributed by atoms with Gasteiger partial charge in [0.2, 0.25) is 5.95 Å². The molecule has 11 heteroatoms. The average Bonchev–Trinajstić information content (AvgIpc) is 3.40. The third kappa shape index (κ3) is 5.14. The van der Waals surface area contributed by atoms with Gasteiger partial charge in [0.05, 0.1) is 22.3 Å². The lowest BCUT2D eigenvalue weighted by Crippen LogP contribution is -2.06. The van der Waals surface area contributed by atoms with Gasteiger partial charge in [-0.05, 0) is 48.4 Å². The molecule has 0 unspecified atom stereocenters. The van der Waals surface area contributed by atoms with E-state index >= 15 is 0 Å². The molecule has 36 heavy (non-hydrogen) atoms. The summed E-state index contributed by atoms with van der Waals surface area (Å²) in [4.78, 5) is 11.9. The van der Waals surface area contributed by atoms with E-state index in [1.807, 2.05) is 42.8 Å². The van der Waals surface area contributed by atoms with Crippen molar-refractivity contribution < 1.29 is 17.9 Å². The molecule has 0 aliphatic heterocycles. The molecule has 2 aromatic carbocycles. The fourth-order valence-corrected chi connectivity index (χ4v) is 3.75. The highest BCUT2D eigenvalue weighted by Gasteiger charge is 2.31. The Balaban J connectivity index is 1.22.